The number of rotatable bonds is 6. The average Bonchev–Trinajstić information content (AvgIpc) is 2.73. The van der Waals surface area contributed by atoms with Crippen LogP contribution in [0.3, 0.4) is 0 Å². The van der Waals surface area contributed by atoms with Crippen LogP contribution in [0.2, 0.25) is 0 Å². The van der Waals surface area contributed by atoms with Gasteiger partial charge >= 0.3 is 0 Å². The van der Waals surface area contributed by atoms with Crippen LogP contribution in [0.15, 0.2) is 42.6 Å². The normalized spacial score (nSPS) is 15.3. The molecule has 1 fully saturated rings. The lowest BCUT2D eigenvalue weighted by molar-refractivity contribution is 0.0644. The Morgan fingerprint density at radius 2 is 1.40 bits per heavy atom. The molecular formula is C25H36N4O. The topological polar surface area (TPSA) is 39.7 Å². The number of anilines is 1. The summed E-state index contributed by atoms with van der Waals surface area (Å²) in [6.07, 6.45) is 1.94. The quantitative estimate of drug-likeness (QED) is 0.704. The molecule has 5 nitrogen and oxygen atoms in total. The van der Waals surface area contributed by atoms with E-state index in [0.29, 0.717) is 6.04 Å². The van der Waals surface area contributed by atoms with Crippen molar-refractivity contribution in [2.24, 2.45) is 0 Å². The molecule has 0 unspecified atom stereocenters. The second kappa shape index (κ2) is 9.61. The molecule has 5 heteroatoms. The van der Waals surface area contributed by atoms with E-state index in [0.717, 1.165) is 48.7 Å². The number of piperazine rings is 1. The SMILES string of the molecule is CC(C)N1CCN(c2ccc(-c3ccc(C(=O)N(C(C)C)C(C)C)cc3)cn2)CC1. The summed E-state index contributed by atoms with van der Waals surface area (Å²) in [6, 6.07) is 13.1. The standard InChI is InChI=1S/C25H36N4O/c1-18(2)27-13-15-28(16-14-27)24-12-11-23(17-26-24)21-7-9-22(10-8-21)25(30)29(19(3)4)20(5)6/h7-12,17-20H,13-16H2,1-6H3. The van der Waals surface area contributed by atoms with Gasteiger partial charge in [0, 0.05) is 61.6 Å². The first kappa shape index (κ1) is 22.3. The molecule has 1 aromatic carbocycles. The Morgan fingerprint density at radius 3 is 1.87 bits per heavy atom. The fourth-order valence-corrected chi connectivity index (χ4v) is 4.23. The third kappa shape index (κ3) is 5.01. The third-order valence-corrected chi connectivity index (χ3v) is 5.93. The highest BCUT2D eigenvalue weighted by Crippen LogP contribution is 2.23. The van der Waals surface area contributed by atoms with Crippen LogP contribution in [0.4, 0.5) is 5.82 Å². The zero-order valence-corrected chi connectivity index (χ0v) is 19.3. The van der Waals surface area contributed by atoms with E-state index in [1.807, 2.05) is 35.4 Å². The molecule has 1 aliphatic rings. The molecule has 0 spiro atoms. The van der Waals surface area contributed by atoms with Gasteiger partial charge in [0.15, 0.2) is 0 Å². The highest BCUT2D eigenvalue weighted by Gasteiger charge is 2.22. The summed E-state index contributed by atoms with van der Waals surface area (Å²) < 4.78 is 0. The van der Waals surface area contributed by atoms with Gasteiger partial charge in [0.2, 0.25) is 0 Å². The number of carbonyl (C=O) groups is 1. The molecule has 0 bridgehead atoms. The van der Waals surface area contributed by atoms with E-state index in [1.165, 1.54) is 0 Å². The van der Waals surface area contributed by atoms with E-state index in [4.69, 9.17) is 4.98 Å². The number of aromatic nitrogens is 1. The van der Waals surface area contributed by atoms with E-state index in [-0.39, 0.29) is 18.0 Å². The van der Waals surface area contributed by atoms with Crippen molar-refractivity contribution in [2.75, 3.05) is 31.1 Å². The van der Waals surface area contributed by atoms with E-state index in [9.17, 15) is 4.79 Å². The molecule has 1 aromatic heterocycles. The number of nitrogens with zero attached hydrogens (tertiary/aromatic N) is 4. The number of carbonyl (C=O) groups excluding carboxylic acids is 1. The summed E-state index contributed by atoms with van der Waals surface area (Å²) in [6.45, 7) is 16.9. The second-order valence-electron chi connectivity index (χ2n) is 9.00. The molecule has 3 rings (SSSR count). The summed E-state index contributed by atoms with van der Waals surface area (Å²) >= 11 is 0. The maximum Gasteiger partial charge on any atom is 0.254 e. The summed E-state index contributed by atoms with van der Waals surface area (Å²) in [5.74, 6) is 1.12. The minimum atomic E-state index is 0.0839. The molecule has 0 atom stereocenters. The highest BCUT2D eigenvalue weighted by atomic mass is 16.2. The minimum Gasteiger partial charge on any atom is -0.354 e. The van der Waals surface area contributed by atoms with Crippen molar-refractivity contribution in [3.05, 3.63) is 48.2 Å². The lowest BCUT2D eigenvalue weighted by Gasteiger charge is -2.37. The van der Waals surface area contributed by atoms with E-state index >= 15 is 0 Å². The molecule has 30 heavy (non-hydrogen) atoms. The molecule has 162 valence electrons. The zero-order chi connectivity index (χ0) is 21.8. The monoisotopic (exact) mass is 408 g/mol. The fraction of sp³-hybridized carbons (Fsp3) is 0.520. The van der Waals surface area contributed by atoms with Gasteiger partial charge in [-0.2, -0.15) is 0 Å². The second-order valence-corrected chi connectivity index (χ2v) is 9.00. The number of hydrogen-bond acceptors (Lipinski definition) is 4. The Bertz CT molecular complexity index is 811. The Morgan fingerprint density at radius 1 is 0.833 bits per heavy atom. The van der Waals surface area contributed by atoms with Crippen molar-refractivity contribution in [2.45, 2.75) is 59.7 Å². The average molecular weight is 409 g/mol. The van der Waals surface area contributed by atoms with Crippen molar-refractivity contribution >= 4 is 11.7 Å². The predicted molar refractivity (Wildman–Crippen MR) is 125 cm³/mol. The van der Waals surface area contributed by atoms with Gasteiger partial charge in [-0.05, 0) is 71.4 Å². The summed E-state index contributed by atoms with van der Waals surface area (Å²) in [4.78, 5) is 24.4. The first-order chi connectivity index (χ1) is 14.3. The number of pyridine rings is 1. The van der Waals surface area contributed by atoms with Gasteiger partial charge in [-0.1, -0.05) is 12.1 Å². The van der Waals surface area contributed by atoms with Crippen molar-refractivity contribution in [3.8, 4) is 11.1 Å². The molecule has 0 N–H and O–H groups in total. The summed E-state index contributed by atoms with van der Waals surface area (Å²) in [5.41, 5.74) is 2.88. The maximum atomic E-state index is 12.9. The van der Waals surface area contributed by atoms with Gasteiger partial charge in [0.25, 0.3) is 5.91 Å². The van der Waals surface area contributed by atoms with Crippen molar-refractivity contribution in [1.82, 2.24) is 14.8 Å². The van der Waals surface area contributed by atoms with Crippen LogP contribution >= 0.6 is 0 Å². The van der Waals surface area contributed by atoms with Crippen LogP contribution in [-0.4, -0.2) is 65.0 Å². The molecule has 1 saturated heterocycles. The van der Waals surface area contributed by atoms with Crippen molar-refractivity contribution in [3.63, 3.8) is 0 Å². The van der Waals surface area contributed by atoms with E-state index in [1.54, 1.807) is 0 Å². The van der Waals surface area contributed by atoms with Crippen LogP contribution in [0.1, 0.15) is 51.9 Å². The lowest BCUT2D eigenvalue weighted by atomic mass is 10.0. The van der Waals surface area contributed by atoms with Gasteiger partial charge in [0.1, 0.15) is 5.82 Å². The largest absolute Gasteiger partial charge is 0.354 e. The molecule has 1 aliphatic heterocycles. The maximum absolute atomic E-state index is 12.9. The molecular weight excluding hydrogens is 372 g/mol. The van der Waals surface area contributed by atoms with E-state index < -0.39 is 0 Å². The fourth-order valence-electron chi connectivity index (χ4n) is 4.23. The molecule has 0 saturated carbocycles. The number of amides is 1. The van der Waals surface area contributed by atoms with Crippen LogP contribution in [-0.2, 0) is 0 Å². The number of hydrogen-bond donors (Lipinski definition) is 0. The van der Waals surface area contributed by atoms with Gasteiger partial charge in [-0.15, -0.1) is 0 Å². The highest BCUT2D eigenvalue weighted by molar-refractivity contribution is 5.95. The minimum absolute atomic E-state index is 0.0839. The molecule has 0 aliphatic carbocycles. The van der Waals surface area contributed by atoms with Crippen molar-refractivity contribution < 1.29 is 4.79 Å². The molecule has 0 radical (unpaired) electrons. The molecule has 2 aromatic rings. The Hall–Kier alpha value is -2.40. The van der Waals surface area contributed by atoms with Crippen LogP contribution in [0.5, 0.6) is 0 Å². The first-order valence-electron chi connectivity index (χ1n) is 11.2. The summed E-state index contributed by atoms with van der Waals surface area (Å²) in [7, 11) is 0. The lowest BCUT2D eigenvalue weighted by Crippen LogP contribution is -2.49. The molecule has 2 heterocycles. The third-order valence-electron chi connectivity index (χ3n) is 5.93. The Kier molecular flexibility index (Phi) is 7.14. The van der Waals surface area contributed by atoms with Gasteiger partial charge < -0.3 is 9.80 Å². The van der Waals surface area contributed by atoms with Crippen LogP contribution in [0, 0.1) is 0 Å². The zero-order valence-electron chi connectivity index (χ0n) is 19.3. The Labute approximate surface area is 181 Å². The predicted octanol–water partition coefficient (Wildman–Crippen LogP) is 4.54. The van der Waals surface area contributed by atoms with Crippen LogP contribution in [0.25, 0.3) is 11.1 Å². The van der Waals surface area contributed by atoms with Gasteiger partial charge in [0.05, 0.1) is 0 Å². The van der Waals surface area contributed by atoms with Crippen molar-refractivity contribution in [1.29, 1.82) is 0 Å². The van der Waals surface area contributed by atoms with Gasteiger partial charge in [-0.3, -0.25) is 9.69 Å². The molecule has 1 amide bonds. The van der Waals surface area contributed by atoms with Gasteiger partial charge in [-0.25, -0.2) is 4.98 Å². The Balaban J connectivity index is 1.68. The number of benzene rings is 1. The summed E-state index contributed by atoms with van der Waals surface area (Å²) in [5, 5.41) is 0. The van der Waals surface area contributed by atoms with E-state index in [2.05, 4.69) is 63.5 Å². The van der Waals surface area contributed by atoms with Crippen LogP contribution < -0.4 is 4.90 Å². The first-order valence-corrected chi connectivity index (χ1v) is 11.2. The smallest absolute Gasteiger partial charge is 0.254 e.